The standard InChI is InChI=1S/C8H10NSi2/c1-8(2,10)11-7-5-3-4-6-9-7/h3-6H,1-2H3. The molecule has 55 valence electrons. The van der Waals surface area contributed by atoms with Crippen LogP contribution in [-0.4, -0.2) is 24.7 Å². The van der Waals surface area contributed by atoms with Crippen LogP contribution < -0.4 is 5.32 Å². The Morgan fingerprint density at radius 1 is 1.45 bits per heavy atom. The molecule has 0 aromatic carbocycles. The van der Waals surface area contributed by atoms with E-state index in [-0.39, 0.29) is 4.66 Å². The monoisotopic (exact) mass is 176 g/mol. The minimum absolute atomic E-state index is 0.175. The highest BCUT2D eigenvalue weighted by molar-refractivity contribution is 6.64. The van der Waals surface area contributed by atoms with E-state index in [0.717, 1.165) is 5.32 Å². The molecular formula is C8H10NSi2. The Labute approximate surface area is 73.5 Å². The van der Waals surface area contributed by atoms with Crippen LogP contribution in [0, 0.1) is 0 Å². The molecule has 0 unspecified atom stereocenters. The van der Waals surface area contributed by atoms with Crippen LogP contribution >= 0.6 is 0 Å². The molecule has 1 aromatic heterocycles. The molecule has 0 saturated carbocycles. The fourth-order valence-electron chi connectivity index (χ4n) is 0.757. The Bertz CT molecular complexity index is 215. The molecule has 1 rings (SSSR count). The maximum Gasteiger partial charge on any atom is 0.110 e. The van der Waals surface area contributed by atoms with Crippen molar-refractivity contribution in [1.29, 1.82) is 0 Å². The van der Waals surface area contributed by atoms with Crippen molar-refractivity contribution in [3.8, 4) is 0 Å². The number of pyridine rings is 1. The van der Waals surface area contributed by atoms with Crippen LogP contribution in [0.2, 0.25) is 4.66 Å². The first-order valence-electron chi connectivity index (χ1n) is 3.52. The van der Waals surface area contributed by atoms with Gasteiger partial charge in [-0.05, 0) is 16.8 Å². The number of rotatable bonds is 2. The fraction of sp³-hybridized carbons (Fsp3) is 0.375. The van der Waals surface area contributed by atoms with Crippen molar-refractivity contribution in [3.63, 3.8) is 0 Å². The van der Waals surface area contributed by atoms with Crippen molar-refractivity contribution in [2.24, 2.45) is 0 Å². The van der Waals surface area contributed by atoms with Crippen LogP contribution in [0.3, 0.4) is 0 Å². The fourth-order valence-corrected chi connectivity index (χ4v) is 2.10. The first-order valence-corrected chi connectivity index (χ1v) is 5.02. The summed E-state index contributed by atoms with van der Waals surface area (Å²) >= 11 is 0. The molecule has 0 atom stereocenters. The molecule has 3 heteroatoms. The highest BCUT2D eigenvalue weighted by Crippen LogP contribution is 2.13. The van der Waals surface area contributed by atoms with E-state index in [1.807, 2.05) is 18.3 Å². The van der Waals surface area contributed by atoms with Gasteiger partial charge in [0.1, 0.15) is 9.52 Å². The lowest BCUT2D eigenvalue weighted by molar-refractivity contribution is 0.959. The van der Waals surface area contributed by atoms with Crippen LogP contribution in [0.15, 0.2) is 24.4 Å². The predicted octanol–water partition coefficient (Wildman–Crippen LogP) is 0.736. The van der Waals surface area contributed by atoms with Gasteiger partial charge in [-0.25, -0.2) is 0 Å². The van der Waals surface area contributed by atoms with E-state index in [0.29, 0.717) is 9.52 Å². The lowest BCUT2D eigenvalue weighted by Gasteiger charge is -2.14. The average Bonchev–Trinajstić information content (AvgIpc) is 1.85. The van der Waals surface area contributed by atoms with E-state index in [9.17, 15) is 0 Å². The van der Waals surface area contributed by atoms with Gasteiger partial charge in [-0.15, -0.1) is 0 Å². The maximum absolute atomic E-state index is 4.25. The summed E-state index contributed by atoms with van der Waals surface area (Å²) in [5.74, 6) is 0. The third-order valence-electron chi connectivity index (χ3n) is 1.11. The van der Waals surface area contributed by atoms with E-state index in [4.69, 9.17) is 0 Å². The van der Waals surface area contributed by atoms with Crippen molar-refractivity contribution in [1.82, 2.24) is 4.98 Å². The van der Waals surface area contributed by atoms with Crippen molar-refractivity contribution in [3.05, 3.63) is 24.4 Å². The molecule has 0 fully saturated rings. The summed E-state index contributed by atoms with van der Waals surface area (Å²) in [7, 11) is 4.35. The van der Waals surface area contributed by atoms with E-state index >= 15 is 0 Å². The van der Waals surface area contributed by atoms with Crippen molar-refractivity contribution >= 4 is 25.1 Å². The van der Waals surface area contributed by atoms with E-state index in [1.54, 1.807) is 0 Å². The lowest BCUT2D eigenvalue weighted by atomic mass is 10.5. The summed E-state index contributed by atoms with van der Waals surface area (Å²) in [5.41, 5.74) is 0. The zero-order valence-corrected chi connectivity index (χ0v) is 8.76. The molecule has 11 heavy (non-hydrogen) atoms. The summed E-state index contributed by atoms with van der Waals surface area (Å²) in [6, 6.07) is 6.02. The number of aromatic nitrogens is 1. The van der Waals surface area contributed by atoms with Gasteiger partial charge >= 0.3 is 0 Å². The number of hydrogen-bond donors (Lipinski definition) is 0. The van der Waals surface area contributed by atoms with E-state index < -0.39 is 0 Å². The first kappa shape index (κ1) is 8.68. The van der Waals surface area contributed by atoms with Crippen molar-refractivity contribution in [2.75, 3.05) is 0 Å². The van der Waals surface area contributed by atoms with Gasteiger partial charge in [-0.1, -0.05) is 19.9 Å². The summed E-state index contributed by atoms with van der Waals surface area (Å²) in [4.78, 5) is 4.25. The molecule has 5 radical (unpaired) electrons. The first-order chi connectivity index (χ1) is 5.08. The van der Waals surface area contributed by atoms with Crippen LogP contribution in [0.4, 0.5) is 0 Å². The number of hydrogen-bond acceptors (Lipinski definition) is 1. The van der Waals surface area contributed by atoms with Crippen molar-refractivity contribution < 1.29 is 0 Å². The second-order valence-electron chi connectivity index (χ2n) is 2.96. The van der Waals surface area contributed by atoms with Crippen LogP contribution in [-0.2, 0) is 0 Å². The lowest BCUT2D eigenvalue weighted by Crippen LogP contribution is -2.27. The second-order valence-corrected chi connectivity index (χ2v) is 6.73. The molecule has 0 aliphatic carbocycles. The second kappa shape index (κ2) is 3.32. The molecule has 0 saturated heterocycles. The summed E-state index contributed by atoms with van der Waals surface area (Å²) in [6.45, 7) is 4.30. The van der Waals surface area contributed by atoms with Gasteiger partial charge in [-0.2, -0.15) is 0 Å². The Hall–Kier alpha value is -0.416. The SMILES string of the molecule is CC(C)([Si])[Si]c1ccccn1. The highest BCUT2D eigenvalue weighted by atomic mass is 28.2. The van der Waals surface area contributed by atoms with Gasteiger partial charge in [0.25, 0.3) is 0 Å². The van der Waals surface area contributed by atoms with Crippen LogP contribution in [0.25, 0.3) is 0 Å². The Morgan fingerprint density at radius 3 is 2.64 bits per heavy atom. The van der Waals surface area contributed by atoms with Gasteiger partial charge in [0.05, 0.1) is 0 Å². The third-order valence-corrected chi connectivity index (χ3v) is 2.66. The molecule has 0 aliphatic rings. The molecule has 1 aromatic rings. The third kappa shape index (κ3) is 3.48. The summed E-state index contributed by atoms with van der Waals surface area (Å²) in [6.07, 6.45) is 1.83. The highest BCUT2D eigenvalue weighted by Gasteiger charge is 2.13. The van der Waals surface area contributed by atoms with Crippen LogP contribution in [0.1, 0.15) is 13.8 Å². The van der Waals surface area contributed by atoms with Gasteiger partial charge in [0.2, 0.25) is 0 Å². The number of nitrogens with zero attached hydrogens (tertiary/aromatic N) is 1. The van der Waals surface area contributed by atoms with Gasteiger partial charge in [0.15, 0.2) is 0 Å². The average molecular weight is 176 g/mol. The zero-order chi connectivity index (χ0) is 8.32. The molecule has 0 aliphatic heterocycles. The quantitative estimate of drug-likeness (QED) is 0.606. The minimum Gasteiger partial charge on any atom is -0.267 e. The molecule has 0 bridgehead atoms. The van der Waals surface area contributed by atoms with E-state index in [2.05, 4.69) is 35.1 Å². The molecule has 1 heterocycles. The van der Waals surface area contributed by atoms with Gasteiger partial charge in [-0.3, -0.25) is 4.98 Å². The topological polar surface area (TPSA) is 12.9 Å². The summed E-state index contributed by atoms with van der Waals surface area (Å²) < 4.78 is 0.175. The maximum atomic E-state index is 4.25. The predicted molar refractivity (Wildman–Crippen MR) is 49.4 cm³/mol. The normalized spacial score (nSPS) is 11.5. The molecular weight excluding hydrogens is 166 g/mol. The Balaban J connectivity index is 2.66. The smallest absolute Gasteiger partial charge is 0.110 e. The zero-order valence-electron chi connectivity index (χ0n) is 6.76. The minimum atomic E-state index is 0.175. The molecule has 0 N–H and O–H groups in total. The van der Waals surface area contributed by atoms with E-state index in [1.165, 1.54) is 0 Å². The van der Waals surface area contributed by atoms with Crippen LogP contribution in [0.5, 0.6) is 0 Å². The van der Waals surface area contributed by atoms with Crippen molar-refractivity contribution in [2.45, 2.75) is 18.5 Å². The Kier molecular flexibility index (Phi) is 2.62. The Morgan fingerprint density at radius 2 is 2.18 bits per heavy atom. The molecule has 0 spiro atoms. The summed E-state index contributed by atoms with van der Waals surface area (Å²) in [5, 5.41) is 1.16. The molecule has 0 amide bonds. The van der Waals surface area contributed by atoms with Gasteiger partial charge < -0.3 is 0 Å². The van der Waals surface area contributed by atoms with Gasteiger partial charge in [0, 0.05) is 21.8 Å². The largest absolute Gasteiger partial charge is 0.267 e. The molecule has 1 nitrogen and oxygen atoms in total.